The Balaban J connectivity index is 1.61. The van der Waals surface area contributed by atoms with E-state index >= 15 is 0 Å². The molecule has 0 amide bonds. The van der Waals surface area contributed by atoms with E-state index in [4.69, 9.17) is 9.26 Å². The first-order chi connectivity index (χ1) is 12.8. The molecule has 0 atom stereocenters. The Morgan fingerprint density at radius 3 is 2.30 bits per heavy atom. The predicted molar refractivity (Wildman–Crippen MR) is 98.5 cm³/mol. The highest BCUT2D eigenvalue weighted by Gasteiger charge is 2.33. The normalized spacial score (nSPS) is 16.4. The first-order valence-electron chi connectivity index (χ1n) is 8.65. The van der Waals surface area contributed by atoms with Gasteiger partial charge >= 0.3 is 0 Å². The molecule has 8 nitrogen and oxygen atoms in total. The van der Waals surface area contributed by atoms with Crippen LogP contribution in [0.5, 0.6) is 5.75 Å². The van der Waals surface area contributed by atoms with E-state index in [0.29, 0.717) is 48.9 Å². The zero-order valence-electron chi connectivity index (χ0n) is 15.6. The smallest absolute Gasteiger partial charge is 0.248 e. The molecule has 0 saturated carbocycles. The number of nitrogens with zero attached hydrogens (tertiary/aromatic N) is 3. The molecule has 9 heteroatoms. The maximum absolute atomic E-state index is 12.8. The third kappa shape index (κ3) is 4.05. The van der Waals surface area contributed by atoms with Crippen molar-refractivity contribution >= 4 is 15.8 Å². The van der Waals surface area contributed by atoms with Crippen molar-refractivity contribution in [1.29, 1.82) is 0 Å². The van der Waals surface area contributed by atoms with Crippen LogP contribution in [0.2, 0.25) is 0 Å². The predicted octanol–water partition coefficient (Wildman–Crippen LogP) is 1.49. The summed E-state index contributed by atoms with van der Waals surface area (Å²) >= 11 is 0. The third-order valence-electron chi connectivity index (χ3n) is 4.68. The third-order valence-corrected chi connectivity index (χ3v) is 6.82. The molecule has 0 spiro atoms. The lowest BCUT2D eigenvalue weighted by Gasteiger charge is -2.33. The van der Waals surface area contributed by atoms with Crippen LogP contribution in [0.15, 0.2) is 33.7 Å². The number of Topliss-reactive ketones (excluding diaryl/α,β-unsaturated/α-hetero) is 1. The fraction of sp³-hybridized carbons (Fsp3) is 0.444. The molecule has 2 aromatic rings. The summed E-state index contributed by atoms with van der Waals surface area (Å²) in [5.41, 5.74) is 0.978. The number of methoxy groups -OCH3 is 1. The fourth-order valence-corrected chi connectivity index (χ4v) is 4.88. The SMILES string of the molecule is COc1ccc(C(=O)CN2CCN(S(=O)(=O)c3c(C)noc3C)CC2)cc1. The number of carbonyl (C=O) groups is 1. The van der Waals surface area contributed by atoms with Gasteiger partial charge in [0.05, 0.1) is 13.7 Å². The first-order valence-corrected chi connectivity index (χ1v) is 10.1. The van der Waals surface area contributed by atoms with Crippen LogP contribution in [0.25, 0.3) is 0 Å². The zero-order chi connectivity index (χ0) is 19.6. The van der Waals surface area contributed by atoms with Gasteiger partial charge in [-0.25, -0.2) is 8.42 Å². The molecule has 0 aliphatic carbocycles. The van der Waals surface area contributed by atoms with Gasteiger partial charge in [0, 0.05) is 31.7 Å². The van der Waals surface area contributed by atoms with Gasteiger partial charge in [0.2, 0.25) is 10.0 Å². The minimum atomic E-state index is -3.64. The minimum Gasteiger partial charge on any atom is -0.497 e. The van der Waals surface area contributed by atoms with Gasteiger partial charge in [0.1, 0.15) is 16.3 Å². The highest BCUT2D eigenvalue weighted by atomic mass is 32.2. The lowest BCUT2D eigenvalue weighted by Crippen LogP contribution is -2.49. The molecule has 27 heavy (non-hydrogen) atoms. The number of carbonyl (C=O) groups excluding carboxylic acids is 1. The number of aromatic nitrogens is 1. The van der Waals surface area contributed by atoms with Gasteiger partial charge in [-0.15, -0.1) is 0 Å². The standard InChI is InChI=1S/C18H23N3O5S/c1-13-18(14(2)26-19-13)27(23,24)21-10-8-20(9-11-21)12-17(22)15-4-6-16(25-3)7-5-15/h4-7H,8-12H2,1-3H3. The van der Waals surface area contributed by atoms with Crippen LogP contribution in [0.1, 0.15) is 21.8 Å². The summed E-state index contributed by atoms with van der Waals surface area (Å²) in [5.74, 6) is 0.994. The molecule has 0 radical (unpaired) electrons. The largest absolute Gasteiger partial charge is 0.497 e. The Kier molecular flexibility index (Phi) is 5.64. The van der Waals surface area contributed by atoms with E-state index < -0.39 is 10.0 Å². The monoisotopic (exact) mass is 393 g/mol. The quantitative estimate of drug-likeness (QED) is 0.687. The second-order valence-electron chi connectivity index (χ2n) is 6.49. The molecule has 0 N–H and O–H groups in total. The topological polar surface area (TPSA) is 93.0 Å². The molecule has 1 aliphatic rings. The molecule has 3 rings (SSSR count). The van der Waals surface area contributed by atoms with E-state index in [9.17, 15) is 13.2 Å². The van der Waals surface area contributed by atoms with Crippen molar-refractivity contribution in [2.75, 3.05) is 39.8 Å². The number of rotatable bonds is 6. The van der Waals surface area contributed by atoms with Gasteiger partial charge in [-0.3, -0.25) is 9.69 Å². The lowest BCUT2D eigenvalue weighted by molar-refractivity contribution is 0.0901. The van der Waals surface area contributed by atoms with Crippen LogP contribution in [-0.4, -0.2) is 68.4 Å². The summed E-state index contributed by atoms with van der Waals surface area (Å²) < 4.78 is 37.2. The van der Waals surface area contributed by atoms with Crippen LogP contribution in [0, 0.1) is 13.8 Å². The summed E-state index contributed by atoms with van der Waals surface area (Å²) in [5, 5.41) is 3.73. The minimum absolute atomic E-state index is 0.000293. The van der Waals surface area contributed by atoms with Crippen molar-refractivity contribution in [3.8, 4) is 5.75 Å². The number of benzene rings is 1. The lowest BCUT2D eigenvalue weighted by atomic mass is 10.1. The van der Waals surface area contributed by atoms with Crippen molar-refractivity contribution in [2.24, 2.45) is 0 Å². The van der Waals surface area contributed by atoms with Gasteiger partial charge in [-0.05, 0) is 38.1 Å². The molecule has 1 aromatic heterocycles. The maximum atomic E-state index is 12.8. The van der Waals surface area contributed by atoms with Crippen molar-refractivity contribution in [2.45, 2.75) is 18.7 Å². The second kappa shape index (κ2) is 7.79. The molecule has 2 heterocycles. The van der Waals surface area contributed by atoms with Gasteiger partial charge in [0.25, 0.3) is 0 Å². The van der Waals surface area contributed by atoms with Gasteiger partial charge < -0.3 is 9.26 Å². The molecule has 146 valence electrons. The number of hydrogen-bond donors (Lipinski definition) is 0. The van der Waals surface area contributed by atoms with Crippen molar-refractivity contribution in [3.63, 3.8) is 0 Å². The van der Waals surface area contributed by atoms with Gasteiger partial charge in [0.15, 0.2) is 11.5 Å². The van der Waals surface area contributed by atoms with Crippen LogP contribution in [0.3, 0.4) is 0 Å². The van der Waals surface area contributed by atoms with E-state index in [-0.39, 0.29) is 17.2 Å². The molecule has 1 aliphatic heterocycles. The van der Waals surface area contributed by atoms with Crippen LogP contribution in [-0.2, 0) is 10.0 Å². The molecular formula is C18H23N3O5S. The second-order valence-corrected chi connectivity index (χ2v) is 8.36. The highest BCUT2D eigenvalue weighted by Crippen LogP contribution is 2.24. The maximum Gasteiger partial charge on any atom is 0.248 e. The Morgan fingerprint density at radius 1 is 1.15 bits per heavy atom. The van der Waals surface area contributed by atoms with Crippen LogP contribution >= 0.6 is 0 Å². The average Bonchev–Trinajstić information content (AvgIpc) is 3.01. The zero-order valence-corrected chi connectivity index (χ0v) is 16.5. The number of piperazine rings is 1. The van der Waals surface area contributed by atoms with Crippen molar-refractivity contribution in [1.82, 2.24) is 14.4 Å². The Bertz CT molecular complexity index is 893. The van der Waals surface area contributed by atoms with E-state index in [1.165, 1.54) is 4.31 Å². The number of hydrogen-bond acceptors (Lipinski definition) is 7. The van der Waals surface area contributed by atoms with Crippen molar-refractivity contribution < 1.29 is 22.5 Å². The van der Waals surface area contributed by atoms with E-state index in [1.54, 1.807) is 45.2 Å². The molecule has 0 bridgehead atoms. The summed E-state index contributed by atoms with van der Waals surface area (Å²) in [6, 6.07) is 6.97. The Hall–Kier alpha value is -2.23. The average molecular weight is 393 g/mol. The van der Waals surface area contributed by atoms with E-state index in [1.807, 2.05) is 4.90 Å². The molecule has 1 fully saturated rings. The number of sulfonamides is 1. The number of ketones is 1. The van der Waals surface area contributed by atoms with Gasteiger partial charge in [-0.1, -0.05) is 5.16 Å². The van der Waals surface area contributed by atoms with Crippen LogP contribution in [0.4, 0.5) is 0 Å². The molecule has 1 aromatic carbocycles. The molecule has 0 unspecified atom stereocenters. The summed E-state index contributed by atoms with van der Waals surface area (Å²) in [6.45, 7) is 5.09. The highest BCUT2D eigenvalue weighted by molar-refractivity contribution is 7.89. The van der Waals surface area contributed by atoms with Gasteiger partial charge in [-0.2, -0.15) is 4.31 Å². The Labute approximate surface area is 158 Å². The fourth-order valence-electron chi connectivity index (χ4n) is 3.17. The number of aryl methyl sites for hydroxylation is 2. The first kappa shape index (κ1) is 19.5. The summed E-state index contributed by atoms with van der Waals surface area (Å²) in [6.07, 6.45) is 0. The van der Waals surface area contributed by atoms with Crippen molar-refractivity contribution in [3.05, 3.63) is 41.3 Å². The van der Waals surface area contributed by atoms with E-state index in [2.05, 4.69) is 5.16 Å². The van der Waals surface area contributed by atoms with E-state index in [0.717, 1.165) is 0 Å². The summed E-state index contributed by atoms with van der Waals surface area (Å²) in [7, 11) is -2.06. The molecule has 1 saturated heterocycles. The van der Waals surface area contributed by atoms with Crippen LogP contribution < -0.4 is 4.74 Å². The summed E-state index contributed by atoms with van der Waals surface area (Å²) in [4.78, 5) is 14.5. The Morgan fingerprint density at radius 2 is 1.78 bits per heavy atom. The molecular weight excluding hydrogens is 370 g/mol. The number of ether oxygens (including phenoxy) is 1.